The van der Waals surface area contributed by atoms with E-state index in [1.807, 2.05) is 18.2 Å². The van der Waals surface area contributed by atoms with E-state index in [-0.39, 0.29) is 18.3 Å². The van der Waals surface area contributed by atoms with E-state index in [1.54, 1.807) is 24.3 Å². The van der Waals surface area contributed by atoms with Crippen LogP contribution in [-0.2, 0) is 14.6 Å². The fourth-order valence-corrected chi connectivity index (χ4v) is 5.06. The van der Waals surface area contributed by atoms with Gasteiger partial charge in [-0.25, -0.2) is 13.4 Å². The highest BCUT2D eigenvalue weighted by Crippen LogP contribution is 2.43. The first-order valence-corrected chi connectivity index (χ1v) is 12.9. The molecular weight excluding hydrogens is 499 g/mol. The van der Waals surface area contributed by atoms with Gasteiger partial charge in [0.1, 0.15) is 17.1 Å². The lowest BCUT2D eigenvalue weighted by Crippen LogP contribution is -2.08. The number of para-hydroxylation sites is 1. The number of aromatic amines is 1. The summed E-state index contributed by atoms with van der Waals surface area (Å²) in [4.78, 5) is 8.05. The Morgan fingerprint density at radius 3 is 2.47 bits per heavy atom. The second kappa shape index (κ2) is 9.93. The van der Waals surface area contributed by atoms with Gasteiger partial charge in [0.2, 0.25) is 0 Å². The van der Waals surface area contributed by atoms with Gasteiger partial charge in [0.15, 0.2) is 16.6 Å². The van der Waals surface area contributed by atoms with Gasteiger partial charge in [0.05, 0.1) is 33.0 Å². The molecule has 2 N–H and O–H groups in total. The smallest absolute Gasteiger partial charge is 0.188 e. The number of ether oxygens (including phenoxy) is 2. The largest absolute Gasteiger partial charge is 0.467 e. The van der Waals surface area contributed by atoms with Crippen molar-refractivity contribution in [1.82, 2.24) is 9.97 Å². The molecule has 0 aliphatic heterocycles. The standard InChI is InChI=1S/C24H22Cl2N2O5S/c1-32-13-33-20-6-4-3-5-16(20)21-18(25)11-19-23(22(21)26)28-24(27-19)17(12-29)14-7-9-15(10-8-14)34(2,30)31/h3-11,17,29H,12-13H2,1-2H3,(H,27,28). The summed E-state index contributed by atoms with van der Waals surface area (Å²) in [5.41, 5.74) is 3.06. The Bertz CT molecular complexity index is 1440. The highest BCUT2D eigenvalue weighted by molar-refractivity contribution is 7.90. The fraction of sp³-hybridized carbons (Fsp3) is 0.208. The molecule has 10 heteroatoms. The van der Waals surface area contributed by atoms with E-state index in [9.17, 15) is 13.5 Å². The number of aliphatic hydroxyl groups excluding tert-OH is 1. The average Bonchev–Trinajstić information content (AvgIpc) is 3.22. The van der Waals surface area contributed by atoms with Gasteiger partial charge in [-0.1, -0.05) is 53.5 Å². The topological polar surface area (TPSA) is 102 Å². The molecule has 0 saturated heterocycles. The van der Waals surface area contributed by atoms with E-state index in [0.29, 0.717) is 49.3 Å². The molecular formula is C24H22Cl2N2O5S. The predicted octanol–water partition coefficient (Wildman–Crippen LogP) is 5.05. The summed E-state index contributed by atoms with van der Waals surface area (Å²) in [7, 11) is -1.79. The molecule has 0 aliphatic rings. The van der Waals surface area contributed by atoms with Crippen LogP contribution in [0.1, 0.15) is 17.3 Å². The average molecular weight is 521 g/mol. The van der Waals surface area contributed by atoms with Crippen LogP contribution in [0.15, 0.2) is 59.5 Å². The number of aromatic nitrogens is 2. The molecule has 7 nitrogen and oxygen atoms in total. The Labute approximate surface area is 207 Å². The van der Waals surface area contributed by atoms with Crippen LogP contribution in [0.2, 0.25) is 10.0 Å². The highest BCUT2D eigenvalue weighted by atomic mass is 35.5. The lowest BCUT2D eigenvalue weighted by Gasteiger charge is -2.13. The summed E-state index contributed by atoms with van der Waals surface area (Å²) in [6.07, 6.45) is 1.15. The Morgan fingerprint density at radius 1 is 1.12 bits per heavy atom. The summed E-state index contributed by atoms with van der Waals surface area (Å²) < 4.78 is 34.2. The molecule has 1 aromatic heterocycles. The lowest BCUT2D eigenvalue weighted by atomic mass is 9.99. The number of hydrogen-bond donors (Lipinski definition) is 2. The van der Waals surface area contributed by atoms with Crippen molar-refractivity contribution in [3.8, 4) is 16.9 Å². The van der Waals surface area contributed by atoms with E-state index >= 15 is 0 Å². The summed E-state index contributed by atoms with van der Waals surface area (Å²) in [5, 5.41) is 10.8. The first-order valence-electron chi connectivity index (χ1n) is 10.2. The number of nitrogens with one attached hydrogen (secondary N) is 1. The minimum Gasteiger partial charge on any atom is -0.467 e. The van der Waals surface area contributed by atoms with Gasteiger partial charge in [0, 0.05) is 24.5 Å². The van der Waals surface area contributed by atoms with Gasteiger partial charge in [-0.3, -0.25) is 0 Å². The molecule has 0 radical (unpaired) electrons. The van der Waals surface area contributed by atoms with Crippen molar-refractivity contribution in [2.75, 3.05) is 26.8 Å². The van der Waals surface area contributed by atoms with E-state index in [4.69, 9.17) is 32.7 Å². The van der Waals surface area contributed by atoms with E-state index in [0.717, 1.165) is 6.26 Å². The van der Waals surface area contributed by atoms with E-state index in [2.05, 4.69) is 9.97 Å². The van der Waals surface area contributed by atoms with Crippen LogP contribution in [-0.4, -0.2) is 50.3 Å². The van der Waals surface area contributed by atoms with Crippen molar-refractivity contribution in [3.63, 3.8) is 0 Å². The second-order valence-electron chi connectivity index (χ2n) is 7.69. The van der Waals surface area contributed by atoms with Crippen molar-refractivity contribution >= 4 is 44.1 Å². The van der Waals surface area contributed by atoms with Crippen LogP contribution in [0.4, 0.5) is 0 Å². The normalized spacial score (nSPS) is 12.7. The van der Waals surface area contributed by atoms with Gasteiger partial charge < -0.3 is 19.6 Å². The third kappa shape index (κ3) is 4.78. The maximum absolute atomic E-state index is 11.8. The van der Waals surface area contributed by atoms with Crippen LogP contribution in [0.3, 0.4) is 0 Å². The number of methoxy groups -OCH3 is 1. The number of rotatable bonds is 8. The van der Waals surface area contributed by atoms with E-state index < -0.39 is 15.8 Å². The van der Waals surface area contributed by atoms with Crippen molar-refractivity contribution in [3.05, 3.63) is 76.0 Å². The number of H-pyrrole nitrogens is 1. The van der Waals surface area contributed by atoms with Gasteiger partial charge in [-0.2, -0.15) is 0 Å². The molecule has 0 spiro atoms. The maximum Gasteiger partial charge on any atom is 0.188 e. The molecule has 0 fully saturated rings. The lowest BCUT2D eigenvalue weighted by molar-refractivity contribution is 0.0515. The van der Waals surface area contributed by atoms with E-state index in [1.165, 1.54) is 19.2 Å². The first-order chi connectivity index (χ1) is 16.2. The van der Waals surface area contributed by atoms with Crippen LogP contribution < -0.4 is 4.74 Å². The summed E-state index contributed by atoms with van der Waals surface area (Å²) in [6, 6.07) is 15.4. The minimum absolute atomic E-state index is 0.0668. The van der Waals surface area contributed by atoms with Crippen LogP contribution in [0.25, 0.3) is 22.2 Å². The molecule has 0 amide bonds. The number of hydrogen-bond acceptors (Lipinski definition) is 6. The third-order valence-electron chi connectivity index (χ3n) is 5.40. The number of benzene rings is 3. The SMILES string of the molecule is COCOc1ccccc1-c1c(Cl)cc2[nH]c(C(CO)c3ccc(S(C)(=O)=O)cc3)nc2c1Cl. The third-order valence-corrected chi connectivity index (χ3v) is 7.19. The van der Waals surface area contributed by atoms with Crippen LogP contribution in [0, 0.1) is 0 Å². The highest BCUT2D eigenvalue weighted by Gasteiger charge is 2.23. The molecule has 3 aromatic carbocycles. The Morgan fingerprint density at radius 2 is 1.82 bits per heavy atom. The van der Waals surface area contributed by atoms with Crippen LogP contribution >= 0.6 is 23.2 Å². The molecule has 4 aromatic rings. The molecule has 0 aliphatic carbocycles. The molecule has 1 atom stereocenters. The van der Waals surface area contributed by atoms with Crippen molar-refractivity contribution < 1.29 is 23.0 Å². The monoisotopic (exact) mass is 520 g/mol. The molecule has 4 rings (SSSR count). The zero-order valence-electron chi connectivity index (χ0n) is 18.4. The number of aliphatic hydroxyl groups is 1. The number of nitrogens with zero attached hydrogens (tertiary/aromatic N) is 1. The maximum atomic E-state index is 11.8. The molecule has 1 heterocycles. The Kier molecular flexibility index (Phi) is 7.16. The molecule has 178 valence electrons. The molecule has 1 unspecified atom stereocenters. The number of sulfone groups is 1. The molecule has 34 heavy (non-hydrogen) atoms. The minimum atomic E-state index is -3.32. The number of fused-ring (bicyclic) bond motifs is 1. The van der Waals surface area contributed by atoms with Crippen LogP contribution in [0.5, 0.6) is 5.75 Å². The van der Waals surface area contributed by atoms with Gasteiger partial charge in [-0.05, 0) is 29.8 Å². The van der Waals surface area contributed by atoms with Gasteiger partial charge in [0.25, 0.3) is 0 Å². The van der Waals surface area contributed by atoms with Crippen molar-refractivity contribution in [2.24, 2.45) is 0 Å². The fourth-order valence-electron chi connectivity index (χ4n) is 3.73. The molecule has 0 bridgehead atoms. The number of halogens is 2. The summed E-state index contributed by atoms with van der Waals surface area (Å²) in [5.74, 6) is 0.516. The van der Waals surface area contributed by atoms with Gasteiger partial charge in [-0.15, -0.1) is 0 Å². The molecule has 0 saturated carbocycles. The Balaban J connectivity index is 1.79. The summed E-state index contributed by atoms with van der Waals surface area (Å²) >= 11 is 13.4. The Hall–Kier alpha value is -2.62. The van der Waals surface area contributed by atoms with Gasteiger partial charge >= 0.3 is 0 Å². The predicted molar refractivity (Wildman–Crippen MR) is 133 cm³/mol. The zero-order valence-corrected chi connectivity index (χ0v) is 20.7. The first kappa shape index (κ1) is 24.5. The van der Waals surface area contributed by atoms with Crippen molar-refractivity contribution in [1.29, 1.82) is 0 Å². The second-order valence-corrected chi connectivity index (χ2v) is 10.5. The number of imidazole rings is 1. The van der Waals surface area contributed by atoms with Crippen molar-refractivity contribution in [2.45, 2.75) is 10.8 Å². The quantitative estimate of drug-likeness (QED) is 0.315. The summed E-state index contributed by atoms with van der Waals surface area (Å²) in [6.45, 7) is -0.179. The zero-order chi connectivity index (χ0) is 24.5.